The molecular weight excluding hydrogens is 286 g/mol. The average molecular weight is 300 g/mol. The van der Waals surface area contributed by atoms with E-state index < -0.39 is 0 Å². The summed E-state index contributed by atoms with van der Waals surface area (Å²) in [6, 6.07) is 9.50. The second kappa shape index (κ2) is 5.63. The lowest BCUT2D eigenvalue weighted by Gasteiger charge is -2.10. The fraction of sp³-hybridized carbons (Fsp3) is 0.133. The average Bonchev–Trinajstić information content (AvgIpc) is 2.92. The van der Waals surface area contributed by atoms with Crippen LogP contribution in [0.2, 0.25) is 5.02 Å². The van der Waals surface area contributed by atoms with Crippen molar-refractivity contribution in [3.8, 4) is 16.9 Å². The monoisotopic (exact) mass is 299 g/mol. The Morgan fingerprint density at radius 1 is 1.29 bits per heavy atom. The van der Waals surface area contributed by atoms with Crippen molar-refractivity contribution in [1.82, 2.24) is 20.0 Å². The summed E-state index contributed by atoms with van der Waals surface area (Å²) in [7, 11) is 0. The highest BCUT2D eigenvalue weighted by Gasteiger charge is 2.16. The molecule has 1 aromatic carbocycles. The van der Waals surface area contributed by atoms with E-state index in [-0.39, 0.29) is 0 Å². The van der Waals surface area contributed by atoms with Gasteiger partial charge in [0.15, 0.2) is 0 Å². The zero-order valence-corrected chi connectivity index (χ0v) is 12.2. The first-order valence-corrected chi connectivity index (χ1v) is 6.90. The van der Waals surface area contributed by atoms with Crippen molar-refractivity contribution in [1.29, 1.82) is 0 Å². The molecule has 0 fully saturated rings. The molecule has 0 atom stereocenters. The van der Waals surface area contributed by atoms with Crippen LogP contribution in [0.3, 0.4) is 0 Å². The van der Waals surface area contributed by atoms with E-state index in [1.165, 1.54) is 0 Å². The van der Waals surface area contributed by atoms with Gasteiger partial charge in [0.2, 0.25) is 0 Å². The Morgan fingerprint density at radius 3 is 2.81 bits per heavy atom. The first-order valence-electron chi connectivity index (χ1n) is 6.52. The number of nitrogens with two attached hydrogens (primary N) is 1. The van der Waals surface area contributed by atoms with Crippen LogP contribution >= 0.6 is 11.6 Å². The summed E-state index contributed by atoms with van der Waals surface area (Å²) >= 11 is 6.02. The molecule has 106 valence electrons. The molecule has 21 heavy (non-hydrogen) atoms. The summed E-state index contributed by atoms with van der Waals surface area (Å²) in [5.74, 6) is 0. The molecule has 2 N–H and O–H groups in total. The quantitative estimate of drug-likeness (QED) is 0.807. The standard InChI is InChI=1S/C15H14ClN5/c1-10-7-12(16)4-5-14(10)21-15(13(8-17)19-20-21)11-3-2-6-18-9-11/h2-7,9H,8,17H2,1H3. The number of rotatable bonds is 3. The molecule has 5 nitrogen and oxygen atoms in total. The van der Waals surface area contributed by atoms with E-state index in [2.05, 4.69) is 15.3 Å². The van der Waals surface area contributed by atoms with Crippen molar-refractivity contribution in [2.24, 2.45) is 5.73 Å². The predicted molar refractivity (Wildman–Crippen MR) is 82.2 cm³/mol. The lowest BCUT2D eigenvalue weighted by atomic mass is 10.1. The molecule has 0 saturated heterocycles. The lowest BCUT2D eigenvalue weighted by molar-refractivity contribution is 0.795. The van der Waals surface area contributed by atoms with E-state index in [0.717, 1.165) is 28.2 Å². The number of benzene rings is 1. The normalized spacial score (nSPS) is 10.8. The Bertz CT molecular complexity index is 767. The van der Waals surface area contributed by atoms with Crippen LogP contribution in [0.4, 0.5) is 0 Å². The Hall–Kier alpha value is -2.24. The van der Waals surface area contributed by atoms with Gasteiger partial charge in [-0.3, -0.25) is 4.98 Å². The third kappa shape index (κ3) is 2.53. The van der Waals surface area contributed by atoms with Gasteiger partial charge in [0.25, 0.3) is 0 Å². The maximum atomic E-state index is 6.02. The molecule has 0 amide bonds. The smallest absolute Gasteiger partial charge is 0.105 e. The Kier molecular flexibility index (Phi) is 3.68. The van der Waals surface area contributed by atoms with Gasteiger partial charge in [-0.05, 0) is 42.8 Å². The third-order valence-corrected chi connectivity index (χ3v) is 3.49. The zero-order chi connectivity index (χ0) is 14.8. The van der Waals surface area contributed by atoms with Crippen molar-refractivity contribution >= 4 is 11.6 Å². The van der Waals surface area contributed by atoms with E-state index in [1.807, 2.05) is 37.3 Å². The van der Waals surface area contributed by atoms with Gasteiger partial charge < -0.3 is 5.73 Å². The van der Waals surface area contributed by atoms with Crippen molar-refractivity contribution in [3.63, 3.8) is 0 Å². The van der Waals surface area contributed by atoms with Crippen LogP contribution in [-0.4, -0.2) is 20.0 Å². The lowest BCUT2D eigenvalue weighted by Crippen LogP contribution is -2.04. The molecule has 2 heterocycles. The summed E-state index contributed by atoms with van der Waals surface area (Å²) in [6.45, 7) is 2.30. The topological polar surface area (TPSA) is 69.6 Å². The molecule has 0 aliphatic rings. The number of aryl methyl sites for hydroxylation is 1. The molecule has 0 aliphatic heterocycles. The number of halogens is 1. The number of hydrogen-bond donors (Lipinski definition) is 1. The third-order valence-electron chi connectivity index (χ3n) is 3.26. The van der Waals surface area contributed by atoms with Crippen molar-refractivity contribution in [2.45, 2.75) is 13.5 Å². The fourth-order valence-electron chi connectivity index (χ4n) is 2.27. The molecule has 6 heteroatoms. The van der Waals surface area contributed by atoms with Gasteiger partial charge in [-0.25, -0.2) is 4.68 Å². The fourth-order valence-corrected chi connectivity index (χ4v) is 2.49. The summed E-state index contributed by atoms with van der Waals surface area (Å²) < 4.78 is 1.78. The second-order valence-electron chi connectivity index (χ2n) is 4.67. The minimum atomic E-state index is 0.316. The molecule has 0 unspecified atom stereocenters. The van der Waals surface area contributed by atoms with E-state index in [0.29, 0.717) is 11.6 Å². The van der Waals surface area contributed by atoms with Gasteiger partial charge in [-0.1, -0.05) is 16.8 Å². The van der Waals surface area contributed by atoms with Crippen molar-refractivity contribution < 1.29 is 0 Å². The zero-order valence-electron chi connectivity index (χ0n) is 11.5. The van der Waals surface area contributed by atoms with Crippen LogP contribution in [0.25, 0.3) is 16.9 Å². The summed E-state index contributed by atoms with van der Waals surface area (Å²) in [6.07, 6.45) is 3.51. The highest BCUT2D eigenvalue weighted by atomic mass is 35.5. The number of aromatic nitrogens is 4. The summed E-state index contributed by atoms with van der Waals surface area (Å²) in [4.78, 5) is 4.16. The number of nitrogens with zero attached hydrogens (tertiary/aromatic N) is 4. The number of hydrogen-bond acceptors (Lipinski definition) is 4. The van der Waals surface area contributed by atoms with Crippen LogP contribution < -0.4 is 5.73 Å². The predicted octanol–water partition coefficient (Wildman–Crippen LogP) is 2.75. The van der Waals surface area contributed by atoms with Crippen molar-refractivity contribution in [3.05, 3.63) is 59.0 Å². The molecule has 3 aromatic rings. The molecular formula is C15H14ClN5. The van der Waals surface area contributed by atoms with Gasteiger partial charge in [-0.2, -0.15) is 0 Å². The van der Waals surface area contributed by atoms with Crippen LogP contribution in [0.1, 0.15) is 11.3 Å². The van der Waals surface area contributed by atoms with E-state index in [4.69, 9.17) is 17.3 Å². The minimum absolute atomic E-state index is 0.316. The Labute approximate surface area is 127 Å². The molecule has 0 aliphatic carbocycles. The van der Waals surface area contributed by atoms with E-state index in [9.17, 15) is 0 Å². The van der Waals surface area contributed by atoms with E-state index >= 15 is 0 Å². The van der Waals surface area contributed by atoms with Crippen LogP contribution in [0, 0.1) is 6.92 Å². The van der Waals surface area contributed by atoms with Gasteiger partial charge in [0.05, 0.1) is 5.69 Å². The number of pyridine rings is 1. The second-order valence-corrected chi connectivity index (χ2v) is 5.11. The largest absolute Gasteiger partial charge is 0.325 e. The Balaban J connectivity index is 2.22. The summed E-state index contributed by atoms with van der Waals surface area (Å²) in [5.41, 5.74) is 10.2. The van der Waals surface area contributed by atoms with Gasteiger partial charge >= 0.3 is 0 Å². The van der Waals surface area contributed by atoms with Crippen LogP contribution in [-0.2, 0) is 6.54 Å². The molecule has 0 saturated carbocycles. The van der Waals surface area contributed by atoms with E-state index in [1.54, 1.807) is 17.1 Å². The SMILES string of the molecule is Cc1cc(Cl)ccc1-n1nnc(CN)c1-c1cccnc1. The first kappa shape index (κ1) is 13.7. The van der Waals surface area contributed by atoms with Crippen LogP contribution in [0.15, 0.2) is 42.7 Å². The Morgan fingerprint density at radius 2 is 2.14 bits per heavy atom. The minimum Gasteiger partial charge on any atom is -0.325 e. The first-order chi connectivity index (χ1) is 10.2. The van der Waals surface area contributed by atoms with Gasteiger partial charge in [-0.15, -0.1) is 5.10 Å². The molecule has 0 radical (unpaired) electrons. The maximum Gasteiger partial charge on any atom is 0.105 e. The molecule has 0 spiro atoms. The van der Waals surface area contributed by atoms with Crippen LogP contribution in [0.5, 0.6) is 0 Å². The highest BCUT2D eigenvalue weighted by molar-refractivity contribution is 6.30. The van der Waals surface area contributed by atoms with Gasteiger partial charge in [0.1, 0.15) is 11.4 Å². The molecule has 3 rings (SSSR count). The van der Waals surface area contributed by atoms with Gasteiger partial charge in [0, 0.05) is 29.5 Å². The maximum absolute atomic E-state index is 6.02. The molecule has 2 aromatic heterocycles. The molecule has 0 bridgehead atoms. The highest BCUT2D eigenvalue weighted by Crippen LogP contribution is 2.27. The van der Waals surface area contributed by atoms with Crippen molar-refractivity contribution in [2.75, 3.05) is 0 Å². The summed E-state index contributed by atoms with van der Waals surface area (Å²) in [5, 5.41) is 9.11.